The van der Waals surface area contributed by atoms with Crippen LogP contribution in [0.5, 0.6) is 0 Å². The number of nitrogens with one attached hydrogen (secondary N) is 1. The molecule has 0 bridgehead atoms. The minimum absolute atomic E-state index is 0.170. The van der Waals surface area contributed by atoms with Crippen molar-refractivity contribution in [2.24, 2.45) is 0 Å². The van der Waals surface area contributed by atoms with Crippen LogP contribution in [-0.4, -0.2) is 17.6 Å². The third-order valence-corrected chi connectivity index (χ3v) is 2.32. The number of nitrogens with zero attached hydrogens (tertiary/aromatic N) is 2. The highest BCUT2D eigenvalue weighted by Gasteiger charge is 2.10. The number of aromatic nitrogens is 1. The Hall–Kier alpha value is -0.860. The molecule has 6 heteroatoms. The van der Waals surface area contributed by atoms with E-state index >= 15 is 0 Å². The summed E-state index contributed by atoms with van der Waals surface area (Å²) in [5.41, 5.74) is 0.287. The number of hydrogen-bond donors (Lipinski definition) is 1. The molecule has 1 aromatic heterocycles. The van der Waals surface area contributed by atoms with Gasteiger partial charge in [0.2, 0.25) is 0 Å². The molecule has 3 nitrogen and oxygen atoms in total. The van der Waals surface area contributed by atoms with E-state index in [2.05, 4.69) is 9.69 Å². The zero-order chi connectivity index (χ0) is 8.97. The largest absolute Gasteiger partial charge is 0.372 e. The highest BCUT2D eigenvalue weighted by atomic mass is 35.5. The fourth-order valence-electron chi connectivity index (χ4n) is 0.649. The van der Waals surface area contributed by atoms with Gasteiger partial charge in [-0.15, -0.1) is 0 Å². The van der Waals surface area contributed by atoms with Crippen LogP contribution in [0, 0.1) is 11.3 Å². The monoisotopic (exact) mass is 205 g/mol. The zero-order valence-electron chi connectivity index (χ0n) is 5.97. The Morgan fingerprint density at radius 2 is 2.50 bits per heavy atom. The molecule has 1 aromatic rings. The predicted octanol–water partition coefficient (Wildman–Crippen LogP) is 2.05. The number of anilines is 1. The van der Waals surface area contributed by atoms with Crippen molar-refractivity contribution in [3.05, 3.63) is 10.7 Å². The maximum atomic E-state index is 11.7. The van der Waals surface area contributed by atoms with E-state index in [-0.39, 0.29) is 17.3 Å². The first kappa shape index (κ1) is 9.23. The summed E-state index contributed by atoms with van der Waals surface area (Å²) in [6.45, 7) is -0.312. The number of nitriles is 1. The van der Waals surface area contributed by atoms with Gasteiger partial charge in [0.05, 0.1) is 0 Å². The minimum atomic E-state index is -0.486. The topological polar surface area (TPSA) is 48.7 Å². The zero-order valence-corrected chi connectivity index (χ0v) is 7.55. The molecule has 0 radical (unpaired) electrons. The average Bonchev–Trinajstić information content (AvgIpc) is 2.43. The Kier molecular flexibility index (Phi) is 3.26. The second-order valence-electron chi connectivity index (χ2n) is 1.91. The van der Waals surface area contributed by atoms with E-state index in [9.17, 15) is 4.39 Å². The predicted molar refractivity (Wildman–Crippen MR) is 46.3 cm³/mol. The van der Waals surface area contributed by atoms with Gasteiger partial charge in [0.15, 0.2) is 5.15 Å². The lowest BCUT2D eigenvalue weighted by atomic mass is 10.4. The molecular weight excluding hydrogens is 201 g/mol. The summed E-state index contributed by atoms with van der Waals surface area (Å²) in [7, 11) is 0. The Bertz CT molecular complexity index is 306. The van der Waals surface area contributed by atoms with Gasteiger partial charge in [-0.3, -0.25) is 0 Å². The molecule has 0 amide bonds. The lowest BCUT2D eigenvalue weighted by molar-refractivity contribution is 0.513. The molecule has 0 atom stereocenters. The fourth-order valence-corrected chi connectivity index (χ4v) is 1.61. The highest BCUT2D eigenvalue weighted by molar-refractivity contribution is 7.10. The average molecular weight is 206 g/mol. The van der Waals surface area contributed by atoms with Crippen LogP contribution in [0.4, 0.5) is 9.39 Å². The summed E-state index contributed by atoms with van der Waals surface area (Å²) in [5.74, 6) is 0. The van der Waals surface area contributed by atoms with Gasteiger partial charge in [-0.05, 0) is 11.5 Å². The molecule has 64 valence electrons. The van der Waals surface area contributed by atoms with Crippen molar-refractivity contribution in [1.82, 2.24) is 4.37 Å². The van der Waals surface area contributed by atoms with Crippen LogP contribution in [0.1, 0.15) is 5.56 Å². The summed E-state index contributed by atoms with van der Waals surface area (Å²) in [6.07, 6.45) is 0. The fraction of sp³-hybridized carbons (Fsp3) is 0.333. The first-order chi connectivity index (χ1) is 5.79. The Morgan fingerprint density at radius 1 is 1.75 bits per heavy atom. The molecule has 0 saturated heterocycles. The third kappa shape index (κ3) is 1.84. The quantitative estimate of drug-likeness (QED) is 0.822. The van der Waals surface area contributed by atoms with E-state index in [0.29, 0.717) is 5.00 Å². The van der Waals surface area contributed by atoms with E-state index in [1.54, 1.807) is 0 Å². The van der Waals surface area contributed by atoms with Gasteiger partial charge >= 0.3 is 0 Å². The van der Waals surface area contributed by atoms with Crippen molar-refractivity contribution in [1.29, 1.82) is 5.26 Å². The third-order valence-electron chi connectivity index (χ3n) is 1.14. The second kappa shape index (κ2) is 4.24. The van der Waals surface area contributed by atoms with Crippen molar-refractivity contribution in [2.45, 2.75) is 0 Å². The van der Waals surface area contributed by atoms with Crippen LogP contribution in [0.2, 0.25) is 5.15 Å². The molecule has 0 fully saturated rings. The summed E-state index contributed by atoms with van der Waals surface area (Å²) >= 11 is 6.63. The van der Waals surface area contributed by atoms with Crippen molar-refractivity contribution < 1.29 is 4.39 Å². The standard InChI is InChI=1S/C6H5ClFN3S/c7-5-4(3-9)6(12-11-5)10-2-1-8/h10H,1-2H2. The number of halogens is 2. The Morgan fingerprint density at radius 3 is 3.08 bits per heavy atom. The van der Waals surface area contributed by atoms with Gasteiger partial charge in [-0.25, -0.2) is 4.39 Å². The lowest BCUT2D eigenvalue weighted by Crippen LogP contribution is -2.02. The maximum absolute atomic E-state index is 11.7. The van der Waals surface area contributed by atoms with Crippen LogP contribution < -0.4 is 5.32 Å². The normalized spacial score (nSPS) is 9.42. The van der Waals surface area contributed by atoms with Gasteiger partial charge < -0.3 is 5.32 Å². The van der Waals surface area contributed by atoms with Crippen LogP contribution in [-0.2, 0) is 0 Å². The van der Waals surface area contributed by atoms with Crippen LogP contribution in [0.3, 0.4) is 0 Å². The van der Waals surface area contributed by atoms with Crippen LogP contribution in [0.15, 0.2) is 0 Å². The SMILES string of the molecule is N#Cc1c(Cl)nsc1NCCF. The number of hydrogen-bond acceptors (Lipinski definition) is 4. The summed E-state index contributed by atoms with van der Waals surface area (Å²) in [6, 6.07) is 1.88. The van der Waals surface area contributed by atoms with E-state index < -0.39 is 6.67 Å². The van der Waals surface area contributed by atoms with Crippen LogP contribution in [0.25, 0.3) is 0 Å². The van der Waals surface area contributed by atoms with Gasteiger partial charge in [0.1, 0.15) is 23.3 Å². The minimum Gasteiger partial charge on any atom is -0.372 e. The molecule has 0 aliphatic rings. The van der Waals surface area contributed by atoms with E-state index in [1.807, 2.05) is 6.07 Å². The Labute approximate surface area is 77.9 Å². The molecule has 12 heavy (non-hydrogen) atoms. The van der Waals surface area contributed by atoms with E-state index in [0.717, 1.165) is 11.5 Å². The molecule has 0 spiro atoms. The Balaban J connectivity index is 2.79. The molecule has 1 rings (SSSR count). The number of alkyl halides is 1. The molecule has 0 aliphatic carbocycles. The molecule has 0 saturated carbocycles. The second-order valence-corrected chi connectivity index (χ2v) is 3.04. The van der Waals surface area contributed by atoms with Crippen molar-refractivity contribution in [3.8, 4) is 6.07 Å². The highest BCUT2D eigenvalue weighted by Crippen LogP contribution is 2.26. The van der Waals surface area contributed by atoms with Gasteiger partial charge in [0, 0.05) is 6.54 Å². The number of rotatable bonds is 3. The van der Waals surface area contributed by atoms with Crippen LogP contribution >= 0.6 is 23.1 Å². The molecule has 1 N–H and O–H groups in total. The molecule has 0 aromatic carbocycles. The first-order valence-electron chi connectivity index (χ1n) is 3.14. The molecular formula is C6H5ClFN3S. The van der Waals surface area contributed by atoms with Crippen molar-refractivity contribution in [2.75, 3.05) is 18.5 Å². The van der Waals surface area contributed by atoms with Gasteiger partial charge in [-0.1, -0.05) is 11.6 Å². The maximum Gasteiger partial charge on any atom is 0.162 e. The van der Waals surface area contributed by atoms with Gasteiger partial charge in [0.25, 0.3) is 0 Å². The van der Waals surface area contributed by atoms with Crippen molar-refractivity contribution >= 4 is 28.1 Å². The summed E-state index contributed by atoms with van der Waals surface area (Å²) in [5, 5.41) is 12.0. The van der Waals surface area contributed by atoms with E-state index in [1.165, 1.54) is 0 Å². The summed E-state index contributed by atoms with van der Waals surface area (Å²) < 4.78 is 15.5. The molecule has 0 aliphatic heterocycles. The summed E-state index contributed by atoms with van der Waals surface area (Å²) in [4.78, 5) is 0. The lowest BCUT2D eigenvalue weighted by Gasteiger charge is -1.97. The molecule has 1 heterocycles. The van der Waals surface area contributed by atoms with Crippen molar-refractivity contribution in [3.63, 3.8) is 0 Å². The van der Waals surface area contributed by atoms with E-state index in [4.69, 9.17) is 16.9 Å². The van der Waals surface area contributed by atoms with Gasteiger partial charge in [-0.2, -0.15) is 9.64 Å². The smallest absolute Gasteiger partial charge is 0.162 e. The molecule has 0 unspecified atom stereocenters. The first-order valence-corrected chi connectivity index (χ1v) is 4.30.